The second-order valence-electron chi connectivity index (χ2n) is 5.71. The molecule has 1 aromatic carbocycles. The van der Waals surface area contributed by atoms with E-state index in [2.05, 4.69) is 9.97 Å². The topological polar surface area (TPSA) is 57.0 Å². The molecule has 1 aliphatic rings. The minimum Gasteiger partial charge on any atom is -0.380 e. The highest BCUT2D eigenvalue weighted by Crippen LogP contribution is 2.26. The molecule has 2 aromatic heterocycles. The van der Waals surface area contributed by atoms with Crippen LogP contribution in [0.25, 0.3) is 22.0 Å². The highest BCUT2D eigenvalue weighted by atomic mass is 19.1. The normalized spacial score (nSPS) is 14.9. The standard InChI is InChI=1S/C17H14FN3O2/c1-21-3-2-10-4-13(14(18)5-12(10)17(21)22)16-7-19-15(6-20-16)11-8-23-9-11/h2-7,11H,8-9H2,1H3. The van der Waals surface area contributed by atoms with Crippen LogP contribution in [0.1, 0.15) is 11.6 Å². The number of ether oxygens (including phenoxy) is 1. The number of halogens is 1. The van der Waals surface area contributed by atoms with Gasteiger partial charge in [-0.3, -0.25) is 14.8 Å². The quantitative estimate of drug-likeness (QED) is 0.728. The van der Waals surface area contributed by atoms with Crippen LogP contribution in [0.15, 0.2) is 41.6 Å². The Hall–Kier alpha value is -2.60. The van der Waals surface area contributed by atoms with Crippen LogP contribution in [0, 0.1) is 5.82 Å². The maximum absolute atomic E-state index is 14.4. The lowest BCUT2D eigenvalue weighted by Crippen LogP contribution is -2.26. The molecule has 0 unspecified atom stereocenters. The number of benzene rings is 1. The summed E-state index contributed by atoms with van der Waals surface area (Å²) in [6.45, 7) is 1.31. The van der Waals surface area contributed by atoms with Gasteiger partial charge in [-0.05, 0) is 23.6 Å². The molecule has 5 nitrogen and oxygen atoms in total. The Morgan fingerprint density at radius 2 is 2.09 bits per heavy atom. The summed E-state index contributed by atoms with van der Waals surface area (Å²) in [5.41, 5.74) is 1.43. The van der Waals surface area contributed by atoms with E-state index in [1.165, 1.54) is 10.6 Å². The average molecular weight is 311 g/mol. The lowest BCUT2D eigenvalue weighted by molar-refractivity contribution is 0.00657. The number of aromatic nitrogens is 3. The Balaban J connectivity index is 1.80. The van der Waals surface area contributed by atoms with Crippen molar-refractivity contribution in [3.8, 4) is 11.3 Å². The number of hydrogen-bond donors (Lipinski definition) is 0. The fourth-order valence-corrected chi connectivity index (χ4v) is 2.65. The van der Waals surface area contributed by atoms with Gasteiger partial charge in [-0.2, -0.15) is 0 Å². The van der Waals surface area contributed by atoms with Crippen molar-refractivity contribution in [2.45, 2.75) is 5.92 Å². The zero-order valence-electron chi connectivity index (χ0n) is 12.5. The second-order valence-corrected chi connectivity index (χ2v) is 5.71. The molecule has 0 radical (unpaired) electrons. The maximum atomic E-state index is 14.4. The lowest BCUT2D eigenvalue weighted by Gasteiger charge is -2.24. The first kappa shape index (κ1) is 14.0. The predicted molar refractivity (Wildman–Crippen MR) is 83.7 cm³/mol. The molecule has 3 aromatic rings. The Morgan fingerprint density at radius 3 is 2.74 bits per heavy atom. The third-order valence-electron chi connectivity index (χ3n) is 4.17. The van der Waals surface area contributed by atoms with Crippen LogP contribution in [0.4, 0.5) is 4.39 Å². The molecule has 1 fully saturated rings. The molecule has 116 valence electrons. The van der Waals surface area contributed by atoms with Gasteiger partial charge < -0.3 is 9.30 Å². The highest BCUT2D eigenvalue weighted by molar-refractivity contribution is 5.86. The van der Waals surface area contributed by atoms with Crippen LogP contribution >= 0.6 is 0 Å². The number of rotatable bonds is 2. The van der Waals surface area contributed by atoms with Gasteiger partial charge in [-0.1, -0.05) is 0 Å². The molecule has 6 heteroatoms. The van der Waals surface area contributed by atoms with E-state index in [0.29, 0.717) is 35.2 Å². The number of pyridine rings is 1. The zero-order chi connectivity index (χ0) is 16.0. The molecule has 0 N–H and O–H groups in total. The zero-order valence-corrected chi connectivity index (χ0v) is 12.5. The van der Waals surface area contributed by atoms with Crippen molar-refractivity contribution < 1.29 is 9.13 Å². The lowest BCUT2D eigenvalue weighted by atomic mass is 10.0. The Morgan fingerprint density at radius 1 is 1.26 bits per heavy atom. The molecule has 0 aliphatic carbocycles. The van der Waals surface area contributed by atoms with Crippen LogP contribution in [-0.4, -0.2) is 27.7 Å². The van der Waals surface area contributed by atoms with Crippen LogP contribution < -0.4 is 5.56 Å². The minimum atomic E-state index is -0.477. The fourth-order valence-electron chi connectivity index (χ4n) is 2.65. The highest BCUT2D eigenvalue weighted by Gasteiger charge is 2.22. The van der Waals surface area contributed by atoms with E-state index >= 15 is 0 Å². The maximum Gasteiger partial charge on any atom is 0.258 e. The average Bonchev–Trinajstić information content (AvgIpc) is 2.50. The van der Waals surface area contributed by atoms with E-state index < -0.39 is 5.82 Å². The first-order valence-electron chi connectivity index (χ1n) is 7.32. The molecule has 0 bridgehead atoms. The largest absolute Gasteiger partial charge is 0.380 e. The van der Waals surface area contributed by atoms with Crippen molar-refractivity contribution in [3.63, 3.8) is 0 Å². The summed E-state index contributed by atoms with van der Waals surface area (Å²) in [6, 6.07) is 4.69. The molecule has 0 amide bonds. The van der Waals surface area contributed by atoms with Gasteiger partial charge in [-0.15, -0.1) is 0 Å². The number of fused-ring (bicyclic) bond motifs is 1. The minimum absolute atomic E-state index is 0.223. The van der Waals surface area contributed by atoms with Crippen LogP contribution in [0.2, 0.25) is 0 Å². The van der Waals surface area contributed by atoms with Gasteiger partial charge in [0.2, 0.25) is 0 Å². The van der Waals surface area contributed by atoms with Gasteiger partial charge in [0.15, 0.2) is 0 Å². The molecule has 0 spiro atoms. The van der Waals surface area contributed by atoms with Crippen molar-refractivity contribution in [3.05, 3.63) is 58.7 Å². The second kappa shape index (κ2) is 5.24. The number of aryl methyl sites for hydroxylation is 1. The van der Waals surface area contributed by atoms with Gasteiger partial charge in [0.25, 0.3) is 5.56 Å². The predicted octanol–water partition coefficient (Wildman–Crippen LogP) is 2.25. The van der Waals surface area contributed by atoms with E-state index in [-0.39, 0.29) is 11.5 Å². The SMILES string of the molecule is Cn1ccc2cc(-c3cnc(C4COC4)cn3)c(F)cc2c1=O. The smallest absolute Gasteiger partial charge is 0.258 e. The molecule has 3 heterocycles. The molecule has 23 heavy (non-hydrogen) atoms. The van der Waals surface area contributed by atoms with E-state index in [9.17, 15) is 9.18 Å². The van der Waals surface area contributed by atoms with E-state index in [4.69, 9.17) is 4.74 Å². The monoisotopic (exact) mass is 311 g/mol. The summed E-state index contributed by atoms with van der Waals surface area (Å²) in [7, 11) is 1.64. The van der Waals surface area contributed by atoms with Crippen molar-refractivity contribution in [2.24, 2.45) is 7.05 Å². The number of nitrogens with zero attached hydrogens (tertiary/aromatic N) is 3. The Labute approximate surface area is 131 Å². The third-order valence-corrected chi connectivity index (χ3v) is 4.17. The van der Waals surface area contributed by atoms with E-state index in [1.54, 1.807) is 37.8 Å². The molecule has 4 rings (SSSR count). The van der Waals surface area contributed by atoms with Crippen molar-refractivity contribution >= 4 is 10.8 Å². The summed E-state index contributed by atoms with van der Waals surface area (Å²) in [6.07, 6.45) is 4.90. The molecular formula is C17H14FN3O2. The molecular weight excluding hydrogens is 297 g/mol. The van der Waals surface area contributed by atoms with Crippen LogP contribution in [0.5, 0.6) is 0 Å². The van der Waals surface area contributed by atoms with E-state index in [1.807, 2.05) is 0 Å². The van der Waals surface area contributed by atoms with Gasteiger partial charge >= 0.3 is 0 Å². The Bertz CT molecular complexity index is 946. The third kappa shape index (κ3) is 2.31. The first-order chi connectivity index (χ1) is 11.1. The van der Waals surface area contributed by atoms with Gasteiger partial charge in [0, 0.05) is 30.9 Å². The fraction of sp³-hybridized carbons (Fsp3) is 0.235. The summed E-state index contributed by atoms with van der Waals surface area (Å²) in [5.74, 6) is -0.198. The van der Waals surface area contributed by atoms with Gasteiger partial charge in [0.1, 0.15) is 5.82 Å². The van der Waals surface area contributed by atoms with E-state index in [0.717, 1.165) is 5.69 Å². The Kier molecular flexibility index (Phi) is 3.20. The molecule has 0 atom stereocenters. The summed E-state index contributed by atoms with van der Waals surface area (Å²) in [4.78, 5) is 20.7. The van der Waals surface area contributed by atoms with Gasteiger partial charge in [0.05, 0.1) is 36.2 Å². The number of hydrogen-bond acceptors (Lipinski definition) is 4. The van der Waals surface area contributed by atoms with Crippen molar-refractivity contribution in [1.82, 2.24) is 14.5 Å². The van der Waals surface area contributed by atoms with Crippen molar-refractivity contribution in [1.29, 1.82) is 0 Å². The summed E-state index contributed by atoms with van der Waals surface area (Å²) < 4.78 is 21.0. The van der Waals surface area contributed by atoms with Crippen LogP contribution in [-0.2, 0) is 11.8 Å². The van der Waals surface area contributed by atoms with Crippen LogP contribution in [0.3, 0.4) is 0 Å². The summed E-state index contributed by atoms with van der Waals surface area (Å²) >= 11 is 0. The molecule has 0 saturated carbocycles. The molecule has 1 aliphatic heterocycles. The first-order valence-corrected chi connectivity index (χ1v) is 7.32. The van der Waals surface area contributed by atoms with Gasteiger partial charge in [-0.25, -0.2) is 4.39 Å². The molecule has 1 saturated heterocycles. The van der Waals surface area contributed by atoms with Crippen molar-refractivity contribution in [2.75, 3.05) is 13.2 Å². The summed E-state index contributed by atoms with van der Waals surface area (Å²) in [5, 5.41) is 1.04.